The first-order valence-corrected chi connectivity index (χ1v) is 9.54. The standard InChI is InChI=1S/C18H25N3O3S/c1-4-6-7-17-19-20-18(21(17)3)25-11-10-24-15-9-8-14(13-22)12-16(15)23-5-2/h8-9,12-13H,4-7,10-11H2,1-3H3. The van der Waals surface area contributed by atoms with Crippen LogP contribution in [0.25, 0.3) is 0 Å². The van der Waals surface area contributed by atoms with Gasteiger partial charge in [-0.3, -0.25) is 4.79 Å². The molecule has 0 aliphatic rings. The molecule has 2 aromatic rings. The van der Waals surface area contributed by atoms with Gasteiger partial charge >= 0.3 is 0 Å². The zero-order chi connectivity index (χ0) is 18.1. The third-order valence-electron chi connectivity index (χ3n) is 3.65. The number of hydrogen-bond donors (Lipinski definition) is 0. The molecule has 0 aliphatic carbocycles. The molecule has 2 rings (SSSR count). The van der Waals surface area contributed by atoms with E-state index in [1.165, 1.54) is 0 Å². The molecule has 0 radical (unpaired) electrons. The van der Waals surface area contributed by atoms with E-state index in [4.69, 9.17) is 9.47 Å². The van der Waals surface area contributed by atoms with Crippen LogP contribution in [0.3, 0.4) is 0 Å². The Bertz CT molecular complexity index is 688. The first-order valence-electron chi connectivity index (χ1n) is 8.55. The maximum absolute atomic E-state index is 10.9. The largest absolute Gasteiger partial charge is 0.490 e. The lowest BCUT2D eigenvalue weighted by Crippen LogP contribution is -2.05. The molecule has 7 heteroatoms. The molecule has 0 saturated carbocycles. The van der Waals surface area contributed by atoms with Crippen molar-refractivity contribution in [2.45, 2.75) is 38.3 Å². The smallest absolute Gasteiger partial charge is 0.191 e. The number of carbonyl (C=O) groups excluding carboxylic acids is 1. The van der Waals surface area contributed by atoms with Gasteiger partial charge in [-0.05, 0) is 31.5 Å². The second-order valence-electron chi connectivity index (χ2n) is 5.52. The fraction of sp³-hybridized carbons (Fsp3) is 0.500. The zero-order valence-electron chi connectivity index (χ0n) is 15.0. The van der Waals surface area contributed by atoms with Crippen molar-refractivity contribution >= 4 is 18.0 Å². The molecule has 6 nitrogen and oxygen atoms in total. The van der Waals surface area contributed by atoms with Crippen molar-refractivity contribution in [3.8, 4) is 11.5 Å². The molecule has 0 aliphatic heterocycles. The Hall–Kier alpha value is -2.02. The number of benzene rings is 1. The molecule has 1 aromatic carbocycles. The lowest BCUT2D eigenvalue weighted by atomic mass is 10.2. The Morgan fingerprint density at radius 2 is 2.04 bits per heavy atom. The highest BCUT2D eigenvalue weighted by atomic mass is 32.2. The Kier molecular flexibility index (Phi) is 7.78. The number of nitrogens with zero attached hydrogens (tertiary/aromatic N) is 3. The monoisotopic (exact) mass is 363 g/mol. The van der Waals surface area contributed by atoms with E-state index in [9.17, 15) is 4.79 Å². The maximum atomic E-state index is 10.9. The number of unbranched alkanes of at least 4 members (excludes halogenated alkanes) is 1. The topological polar surface area (TPSA) is 66.2 Å². The Morgan fingerprint density at radius 3 is 2.76 bits per heavy atom. The fourth-order valence-electron chi connectivity index (χ4n) is 2.29. The molecule has 0 spiro atoms. The summed E-state index contributed by atoms with van der Waals surface area (Å²) in [6.45, 7) is 5.11. The normalized spacial score (nSPS) is 10.7. The van der Waals surface area contributed by atoms with Crippen LogP contribution < -0.4 is 9.47 Å². The number of hydrogen-bond acceptors (Lipinski definition) is 6. The van der Waals surface area contributed by atoms with Gasteiger partial charge in [0.25, 0.3) is 0 Å². The lowest BCUT2D eigenvalue weighted by molar-refractivity contribution is 0.112. The Balaban J connectivity index is 1.87. The SMILES string of the molecule is CCCCc1nnc(SCCOc2ccc(C=O)cc2OCC)n1C. The fourth-order valence-corrected chi connectivity index (χ4v) is 3.04. The van der Waals surface area contributed by atoms with Gasteiger partial charge in [0.15, 0.2) is 16.7 Å². The second kappa shape index (κ2) is 10.1. The van der Waals surface area contributed by atoms with Crippen LogP contribution in [0.15, 0.2) is 23.4 Å². The Labute approximate surface area is 152 Å². The van der Waals surface area contributed by atoms with E-state index in [1.807, 2.05) is 18.5 Å². The highest BCUT2D eigenvalue weighted by Crippen LogP contribution is 2.28. The van der Waals surface area contributed by atoms with E-state index in [-0.39, 0.29) is 0 Å². The summed E-state index contributed by atoms with van der Waals surface area (Å²) in [7, 11) is 2.00. The van der Waals surface area contributed by atoms with Crippen molar-refractivity contribution in [3.05, 3.63) is 29.6 Å². The van der Waals surface area contributed by atoms with E-state index in [2.05, 4.69) is 17.1 Å². The summed E-state index contributed by atoms with van der Waals surface area (Å²) < 4.78 is 13.4. The van der Waals surface area contributed by atoms with Crippen molar-refractivity contribution in [3.63, 3.8) is 0 Å². The number of aldehydes is 1. The first-order chi connectivity index (χ1) is 12.2. The number of aryl methyl sites for hydroxylation is 1. The number of rotatable bonds is 11. The van der Waals surface area contributed by atoms with Crippen LogP contribution >= 0.6 is 11.8 Å². The molecule has 0 unspecified atom stereocenters. The van der Waals surface area contributed by atoms with Gasteiger partial charge < -0.3 is 14.0 Å². The van der Waals surface area contributed by atoms with Crippen molar-refractivity contribution in [1.82, 2.24) is 14.8 Å². The first kappa shape index (κ1) is 19.3. The summed E-state index contributed by atoms with van der Waals surface area (Å²) >= 11 is 1.61. The molecule has 0 amide bonds. The van der Waals surface area contributed by atoms with E-state index >= 15 is 0 Å². The third-order valence-corrected chi connectivity index (χ3v) is 4.64. The van der Waals surface area contributed by atoms with Crippen LogP contribution in [-0.4, -0.2) is 40.0 Å². The summed E-state index contributed by atoms with van der Waals surface area (Å²) in [6, 6.07) is 5.19. The predicted molar refractivity (Wildman–Crippen MR) is 98.8 cm³/mol. The van der Waals surface area contributed by atoms with Gasteiger partial charge in [0.05, 0.1) is 13.2 Å². The van der Waals surface area contributed by atoms with E-state index in [0.717, 1.165) is 42.3 Å². The van der Waals surface area contributed by atoms with E-state index in [0.29, 0.717) is 30.3 Å². The molecular weight excluding hydrogens is 338 g/mol. The number of aromatic nitrogens is 3. The number of ether oxygens (including phenoxy) is 2. The zero-order valence-corrected chi connectivity index (χ0v) is 15.8. The molecule has 0 fully saturated rings. The minimum Gasteiger partial charge on any atom is -0.490 e. The van der Waals surface area contributed by atoms with Crippen molar-refractivity contribution in [2.75, 3.05) is 19.0 Å². The summed E-state index contributed by atoms with van der Waals surface area (Å²) in [4.78, 5) is 10.9. The summed E-state index contributed by atoms with van der Waals surface area (Å²) in [5, 5.41) is 9.38. The number of carbonyl (C=O) groups is 1. The minimum absolute atomic E-state index is 0.516. The molecule has 1 aromatic heterocycles. The predicted octanol–water partition coefficient (Wildman–Crippen LogP) is 3.54. The molecule has 0 N–H and O–H groups in total. The average Bonchev–Trinajstić information content (AvgIpc) is 2.98. The summed E-state index contributed by atoms with van der Waals surface area (Å²) in [5.41, 5.74) is 0.573. The minimum atomic E-state index is 0.516. The van der Waals surface area contributed by atoms with Crippen LogP contribution in [0, 0.1) is 0 Å². The lowest BCUT2D eigenvalue weighted by Gasteiger charge is -2.12. The Morgan fingerprint density at radius 1 is 1.20 bits per heavy atom. The van der Waals surface area contributed by atoms with Crippen LogP contribution in [0.1, 0.15) is 42.9 Å². The molecular formula is C18H25N3O3S. The molecule has 136 valence electrons. The highest BCUT2D eigenvalue weighted by Gasteiger charge is 2.10. The summed E-state index contributed by atoms with van der Waals surface area (Å²) in [6.07, 6.45) is 4.02. The van der Waals surface area contributed by atoms with Gasteiger partial charge in [0, 0.05) is 24.8 Å². The van der Waals surface area contributed by atoms with Gasteiger partial charge in [-0.25, -0.2) is 0 Å². The molecule has 0 bridgehead atoms. The van der Waals surface area contributed by atoms with Gasteiger partial charge in [-0.2, -0.15) is 0 Å². The third kappa shape index (κ3) is 5.49. The molecule has 0 saturated heterocycles. The summed E-state index contributed by atoms with van der Waals surface area (Å²) in [5.74, 6) is 3.02. The molecule has 0 atom stereocenters. The quantitative estimate of drug-likeness (QED) is 0.346. The number of thioether (sulfide) groups is 1. The second-order valence-corrected chi connectivity index (χ2v) is 6.58. The average molecular weight is 363 g/mol. The van der Waals surface area contributed by atoms with Gasteiger partial charge in [0.2, 0.25) is 0 Å². The van der Waals surface area contributed by atoms with Crippen LogP contribution in [0.4, 0.5) is 0 Å². The van der Waals surface area contributed by atoms with Crippen LogP contribution in [0.2, 0.25) is 0 Å². The van der Waals surface area contributed by atoms with Crippen molar-refractivity contribution in [1.29, 1.82) is 0 Å². The van der Waals surface area contributed by atoms with Crippen LogP contribution in [-0.2, 0) is 13.5 Å². The van der Waals surface area contributed by atoms with Crippen LogP contribution in [0.5, 0.6) is 11.5 Å². The van der Waals surface area contributed by atoms with E-state index in [1.54, 1.807) is 30.0 Å². The van der Waals surface area contributed by atoms with Gasteiger partial charge in [-0.15, -0.1) is 10.2 Å². The molecule has 1 heterocycles. The maximum Gasteiger partial charge on any atom is 0.191 e. The van der Waals surface area contributed by atoms with Crippen molar-refractivity contribution < 1.29 is 14.3 Å². The van der Waals surface area contributed by atoms with Crippen molar-refractivity contribution in [2.24, 2.45) is 7.05 Å². The van der Waals surface area contributed by atoms with E-state index < -0.39 is 0 Å². The van der Waals surface area contributed by atoms with Gasteiger partial charge in [-0.1, -0.05) is 25.1 Å². The van der Waals surface area contributed by atoms with Gasteiger partial charge in [0.1, 0.15) is 12.1 Å². The molecule has 25 heavy (non-hydrogen) atoms. The highest BCUT2D eigenvalue weighted by molar-refractivity contribution is 7.99.